The van der Waals surface area contributed by atoms with Crippen molar-refractivity contribution in [1.82, 2.24) is 9.38 Å². The number of amides is 1. The minimum atomic E-state index is -0.439. The number of fused-ring (bicyclic) bond motifs is 1. The molecule has 4 rings (SSSR count). The molecule has 0 aliphatic heterocycles. The Labute approximate surface area is 154 Å². The number of hydrogen-bond donors (Lipinski definition) is 1. The Morgan fingerprint density at radius 1 is 0.926 bits per heavy atom. The molecule has 0 unspecified atom stereocenters. The Balaban J connectivity index is 1.74. The number of nitrogens with zero attached hydrogens (tertiary/aromatic N) is 2. The van der Waals surface area contributed by atoms with E-state index < -0.39 is 5.82 Å². The zero-order valence-electron chi connectivity index (χ0n) is 14.2. The van der Waals surface area contributed by atoms with Gasteiger partial charge in [0, 0.05) is 11.8 Å². The van der Waals surface area contributed by atoms with Gasteiger partial charge in [-0.3, -0.25) is 9.20 Å². The number of imidazole rings is 1. The van der Waals surface area contributed by atoms with Crippen LogP contribution in [0, 0.1) is 11.6 Å². The highest BCUT2D eigenvalue weighted by atomic mass is 19.1. The molecule has 2 heterocycles. The zero-order valence-corrected chi connectivity index (χ0v) is 14.2. The second-order valence-corrected chi connectivity index (χ2v) is 6.10. The van der Waals surface area contributed by atoms with Gasteiger partial charge in [-0.2, -0.15) is 0 Å². The average Bonchev–Trinajstić information content (AvgIpc) is 3.00. The lowest BCUT2D eigenvalue weighted by Gasteiger charge is -2.07. The molecule has 2 aromatic heterocycles. The first-order valence-corrected chi connectivity index (χ1v) is 8.37. The Bertz CT molecular complexity index is 1110. The summed E-state index contributed by atoms with van der Waals surface area (Å²) in [5.41, 5.74) is 2.45. The summed E-state index contributed by atoms with van der Waals surface area (Å²) in [6, 6.07) is 17.9. The molecule has 0 atom stereocenters. The second kappa shape index (κ2) is 6.99. The first kappa shape index (κ1) is 16.9. The van der Waals surface area contributed by atoms with Crippen molar-refractivity contribution >= 4 is 17.4 Å². The lowest BCUT2D eigenvalue weighted by atomic mass is 10.1. The molecule has 6 heteroatoms. The topological polar surface area (TPSA) is 46.4 Å². The molecule has 0 radical (unpaired) electrons. The van der Waals surface area contributed by atoms with Gasteiger partial charge in [0.2, 0.25) is 5.91 Å². The summed E-state index contributed by atoms with van der Waals surface area (Å²) in [6.07, 6.45) is 1.47. The third-order valence-corrected chi connectivity index (χ3v) is 4.17. The van der Waals surface area contributed by atoms with E-state index in [1.807, 2.05) is 30.3 Å². The van der Waals surface area contributed by atoms with Gasteiger partial charge >= 0.3 is 0 Å². The molecule has 0 saturated heterocycles. The number of halogens is 2. The quantitative estimate of drug-likeness (QED) is 0.582. The average molecular weight is 363 g/mol. The Morgan fingerprint density at radius 3 is 2.37 bits per heavy atom. The van der Waals surface area contributed by atoms with Crippen LogP contribution in [0.2, 0.25) is 0 Å². The van der Waals surface area contributed by atoms with Crippen LogP contribution in [0.15, 0.2) is 72.9 Å². The van der Waals surface area contributed by atoms with Gasteiger partial charge in [0.15, 0.2) is 5.82 Å². The van der Waals surface area contributed by atoms with Gasteiger partial charge in [-0.15, -0.1) is 0 Å². The smallest absolute Gasteiger partial charge is 0.230 e. The molecule has 134 valence electrons. The lowest BCUT2D eigenvalue weighted by Crippen LogP contribution is -2.15. The molecule has 1 N–H and O–H groups in total. The predicted molar refractivity (Wildman–Crippen MR) is 99.3 cm³/mol. The summed E-state index contributed by atoms with van der Waals surface area (Å²) in [7, 11) is 0. The summed E-state index contributed by atoms with van der Waals surface area (Å²) in [5, 5.41) is 2.79. The number of rotatable bonds is 4. The van der Waals surface area contributed by atoms with Crippen LogP contribution in [0.1, 0.15) is 5.56 Å². The minimum Gasteiger partial charge on any atom is -0.309 e. The molecule has 2 aromatic carbocycles. The third kappa shape index (κ3) is 3.55. The number of anilines is 1. The molecule has 0 aliphatic rings. The molecule has 0 spiro atoms. The normalized spacial score (nSPS) is 10.9. The van der Waals surface area contributed by atoms with Gasteiger partial charge in [-0.05, 0) is 42.0 Å². The zero-order chi connectivity index (χ0) is 18.8. The van der Waals surface area contributed by atoms with Crippen molar-refractivity contribution in [3.63, 3.8) is 0 Å². The highest BCUT2D eigenvalue weighted by Gasteiger charge is 2.17. The summed E-state index contributed by atoms with van der Waals surface area (Å²) in [5.74, 6) is -0.764. The van der Waals surface area contributed by atoms with Crippen LogP contribution in [0.4, 0.5) is 14.6 Å². The van der Waals surface area contributed by atoms with Crippen molar-refractivity contribution in [3.05, 3.63) is 90.1 Å². The van der Waals surface area contributed by atoms with Crippen LogP contribution >= 0.6 is 0 Å². The fourth-order valence-electron chi connectivity index (χ4n) is 2.95. The van der Waals surface area contributed by atoms with Crippen molar-refractivity contribution in [3.8, 4) is 11.3 Å². The number of benzene rings is 2. The van der Waals surface area contributed by atoms with Gasteiger partial charge in [0.05, 0.1) is 12.1 Å². The molecule has 1 amide bonds. The molecule has 0 saturated carbocycles. The van der Waals surface area contributed by atoms with Gasteiger partial charge < -0.3 is 5.32 Å². The SMILES string of the molecule is O=C(Cc1ccccc1)Nc1nc2ccc(F)cn2c1-c1ccc(F)cc1. The summed E-state index contributed by atoms with van der Waals surface area (Å²) < 4.78 is 28.6. The van der Waals surface area contributed by atoms with Gasteiger partial charge in [0.25, 0.3) is 0 Å². The van der Waals surface area contributed by atoms with Crippen molar-refractivity contribution in [2.75, 3.05) is 5.32 Å². The maximum atomic E-state index is 13.8. The van der Waals surface area contributed by atoms with Crippen LogP contribution in [-0.4, -0.2) is 15.3 Å². The molecule has 4 aromatic rings. The molecule has 4 nitrogen and oxygen atoms in total. The summed E-state index contributed by atoms with van der Waals surface area (Å²) in [6.45, 7) is 0. The first-order chi connectivity index (χ1) is 13.1. The monoisotopic (exact) mass is 363 g/mol. The van der Waals surface area contributed by atoms with E-state index in [0.29, 0.717) is 22.7 Å². The summed E-state index contributed by atoms with van der Waals surface area (Å²) >= 11 is 0. The number of aromatic nitrogens is 2. The minimum absolute atomic E-state index is 0.186. The van der Waals surface area contributed by atoms with E-state index in [9.17, 15) is 13.6 Å². The van der Waals surface area contributed by atoms with Crippen LogP contribution in [0.25, 0.3) is 16.9 Å². The van der Waals surface area contributed by atoms with Gasteiger partial charge in [-0.25, -0.2) is 13.8 Å². The van der Waals surface area contributed by atoms with Crippen LogP contribution < -0.4 is 5.32 Å². The van der Waals surface area contributed by atoms with Crippen LogP contribution in [-0.2, 0) is 11.2 Å². The Morgan fingerprint density at radius 2 is 1.63 bits per heavy atom. The molecule has 0 fully saturated rings. The molecular weight excluding hydrogens is 348 g/mol. The number of carbonyl (C=O) groups is 1. The first-order valence-electron chi connectivity index (χ1n) is 8.37. The van der Waals surface area contributed by atoms with Crippen molar-refractivity contribution < 1.29 is 13.6 Å². The van der Waals surface area contributed by atoms with Gasteiger partial charge in [0.1, 0.15) is 17.3 Å². The van der Waals surface area contributed by atoms with Crippen LogP contribution in [0.3, 0.4) is 0 Å². The fraction of sp³-hybridized carbons (Fsp3) is 0.0476. The van der Waals surface area contributed by atoms with Gasteiger partial charge in [-0.1, -0.05) is 30.3 Å². The molecule has 27 heavy (non-hydrogen) atoms. The number of hydrogen-bond acceptors (Lipinski definition) is 2. The summed E-state index contributed by atoms with van der Waals surface area (Å²) in [4.78, 5) is 16.9. The van der Waals surface area contributed by atoms with E-state index in [-0.39, 0.29) is 18.1 Å². The standard InChI is InChI=1S/C21H15F2N3O/c22-16-8-6-15(7-9-16)20-21(24-18-11-10-17(23)13-26(18)20)25-19(27)12-14-4-2-1-3-5-14/h1-11,13H,12H2,(H,25,27). The van der Waals surface area contributed by atoms with E-state index in [1.54, 1.807) is 16.5 Å². The van der Waals surface area contributed by atoms with E-state index in [2.05, 4.69) is 10.3 Å². The molecule has 0 bridgehead atoms. The van der Waals surface area contributed by atoms with Crippen LogP contribution in [0.5, 0.6) is 0 Å². The third-order valence-electron chi connectivity index (χ3n) is 4.17. The second-order valence-electron chi connectivity index (χ2n) is 6.10. The van der Waals surface area contributed by atoms with Crippen molar-refractivity contribution in [1.29, 1.82) is 0 Å². The fourth-order valence-corrected chi connectivity index (χ4v) is 2.95. The molecule has 0 aliphatic carbocycles. The van der Waals surface area contributed by atoms with E-state index >= 15 is 0 Å². The van der Waals surface area contributed by atoms with E-state index in [1.165, 1.54) is 30.5 Å². The molecular formula is C21H15F2N3O. The Kier molecular flexibility index (Phi) is 4.38. The maximum Gasteiger partial charge on any atom is 0.230 e. The van der Waals surface area contributed by atoms with Crippen molar-refractivity contribution in [2.24, 2.45) is 0 Å². The largest absolute Gasteiger partial charge is 0.309 e. The lowest BCUT2D eigenvalue weighted by molar-refractivity contribution is -0.115. The predicted octanol–water partition coefficient (Wildman–Crippen LogP) is 4.46. The van der Waals surface area contributed by atoms with Crippen molar-refractivity contribution in [2.45, 2.75) is 6.42 Å². The Hall–Kier alpha value is -3.54. The highest BCUT2D eigenvalue weighted by Crippen LogP contribution is 2.29. The van der Waals surface area contributed by atoms with E-state index in [4.69, 9.17) is 0 Å². The number of carbonyl (C=O) groups excluding carboxylic acids is 1. The number of nitrogens with one attached hydrogen (secondary N) is 1. The highest BCUT2D eigenvalue weighted by molar-refractivity contribution is 5.95. The number of pyridine rings is 1. The maximum absolute atomic E-state index is 13.8. The van der Waals surface area contributed by atoms with E-state index in [0.717, 1.165) is 5.56 Å².